The van der Waals surface area contributed by atoms with Gasteiger partial charge in [-0.3, -0.25) is 20.4 Å². The van der Waals surface area contributed by atoms with E-state index in [9.17, 15) is 9.59 Å². The molecule has 1 aromatic rings. The van der Waals surface area contributed by atoms with E-state index in [0.29, 0.717) is 17.2 Å². The van der Waals surface area contributed by atoms with E-state index in [2.05, 4.69) is 10.9 Å². The predicted molar refractivity (Wildman–Crippen MR) is 82.0 cm³/mol. The van der Waals surface area contributed by atoms with Gasteiger partial charge >= 0.3 is 0 Å². The Bertz CT molecular complexity index is 524. The first-order chi connectivity index (χ1) is 9.67. The van der Waals surface area contributed by atoms with E-state index < -0.39 is 5.91 Å². The number of amides is 2. The lowest BCUT2D eigenvalue weighted by Crippen LogP contribution is -2.44. The summed E-state index contributed by atoms with van der Waals surface area (Å²) in [6.45, 7) is 7.50. The zero-order valence-corrected chi connectivity index (χ0v) is 13.5. The molecule has 0 heterocycles. The van der Waals surface area contributed by atoms with Crippen LogP contribution >= 0.6 is 11.6 Å². The van der Waals surface area contributed by atoms with Crippen molar-refractivity contribution in [2.75, 3.05) is 6.61 Å². The summed E-state index contributed by atoms with van der Waals surface area (Å²) in [5.74, 6) is -0.115. The fourth-order valence-corrected chi connectivity index (χ4v) is 1.67. The first-order valence-corrected chi connectivity index (χ1v) is 7.02. The topological polar surface area (TPSA) is 67.4 Å². The Balaban J connectivity index is 2.34. The van der Waals surface area contributed by atoms with E-state index in [-0.39, 0.29) is 17.9 Å². The Morgan fingerprint density at radius 3 is 2.38 bits per heavy atom. The smallest absolute Gasteiger partial charge is 0.276 e. The van der Waals surface area contributed by atoms with Crippen LogP contribution in [0.1, 0.15) is 32.8 Å². The van der Waals surface area contributed by atoms with Gasteiger partial charge in [0.15, 0.2) is 6.61 Å². The maximum Gasteiger partial charge on any atom is 0.276 e. The normalized spacial score (nSPS) is 10.9. The molecule has 0 unspecified atom stereocenters. The highest BCUT2D eigenvalue weighted by atomic mass is 35.5. The predicted octanol–water partition coefficient (Wildman–Crippen LogP) is 2.61. The third-order valence-electron chi connectivity index (χ3n) is 2.53. The molecular weight excluding hydrogens is 292 g/mol. The van der Waals surface area contributed by atoms with Crippen LogP contribution in [0.4, 0.5) is 0 Å². The van der Waals surface area contributed by atoms with E-state index >= 15 is 0 Å². The first-order valence-electron chi connectivity index (χ1n) is 6.64. The molecule has 0 aliphatic rings. The van der Waals surface area contributed by atoms with Gasteiger partial charge in [-0.2, -0.15) is 0 Å². The van der Waals surface area contributed by atoms with Gasteiger partial charge < -0.3 is 4.74 Å². The van der Waals surface area contributed by atoms with Crippen LogP contribution < -0.4 is 15.6 Å². The van der Waals surface area contributed by atoms with Crippen molar-refractivity contribution < 1.29 is 14.3 Å². The second kappa shape index (κ2) is 7.31. The Hall–Kier alpha value is -1.75. The number of aryl methyl sites for hydroxylation is 1. The number of carbonyl (C=O) groups excluding carboxylic acids is 2. The molecule has 0 aliphatic carbocycles. The summed E-state index contributed by atoms with van der Waals surface area (Å²) in [5.41, 5.74) is 5.40. The third-order valence-corrected chi connectivity index (χ3v) is 2.96. The minimum absolute atomic E-state index is 0.133. The number of rotatable bonds is 4. The molecule has 0 aromatic heterocycles. The maximum atomic E-state index is 11.6. The fraction of sp³-hybridized carbons (Fsp3) is 0.467. The van der Waals surface area contributed by atoms with Crippen LogP contribution in [0, 0.1) is 12.3 Å². The zero-order chi connectivity index (χ0) is 16.0. The summed E-state index contributed by atoms with van der Waals surface area (Å²) >= 11 is 5.90. The Morgan fingerprint density at radius 2 is 1.81 bits per heavy atom. The van der Waals surface area contributed by atoms with Crippen molar-refractivity contribution in [3.8, 4) is 5.75 Å². The van der Waals surface area contributed by atoms with Crippen molar-refractivity contribution in [1.29, 1.82) is 0 Å². The Morgan fingerprint density at radius 1 is 1.19 bits per heavy atom. The molecule has 0 saturated carbocycles. The highest BCUT2D eigenvalue weighted by molar-refractivity contribution is 6.31. The number of carbonyl (C=O) groups is 2. The summed E-state index contributed by atoms with van der Waals surface area (Å²) in [6.07, 6.45) is 0.324. The number of ether oxygens (including phenoxy) is 1. The summed E-state index contributed by atoms with van der Waals surface area (Å²) in [4.78, 5) is 23.1. The van der Waals surface area contributed by atoms with Gasteiger partial charge in [0.2, 0.25) is 5.91 Å². The van der Waals surface area contributed by atoms with Gasteiger partial charge in [0.1, 0.15) is 5.75 Å². The van der Waals surface area contributed by atoms with Crippen LogP contribution in [0.25, 0.3) is 0 Å². The van der Waals surface area contributed by atoms with Gasteiger partial charge in [-0.1, -0.05) is 32.4 Å². The quantitative estimate of drug-likeness (QED) is 0.840. The molecule has 0 saturated heterocycles. The minimum atomic E-state index is -0.426. The monoisotopic (exact) mass is 312 g/mol. The summed E-state index contributed by atoms with van der Waals surface area (Å²) in [5, 5.41) is 0.640. The molecule has 5 nitrogen and oxygen atoms in total. The van der Waals surface area contributed by atoms with Gasteiger partial charge in [-0.05, 0) is 36.1 Å². The van der Waals surface area contributed by atoms with E-state index in [1.807, 2.05) is 27.7 Å². The van der Waals surface area contributed by atoms with Crippen molar-refractivity contribution in [2.45, 2.75) is 34.1 Å². The first kappa shape index (κ1) is 17.3. The van der Waals surface area contributed by atoms with Crippen LogP contribution in [0.5, 0.6) is 5.75 Å². The molecule has 0 spiro atoms. The molecule has 116 valence electrons. The molecule has 21 heavy (non-hydrogen) atoms. The number of hydrogen-bond acceptors (Lipinski definition) is 3. The van der Waals surface area contributed by atoms with Crippen LogP contribution in [-0.2, 0) is 9.59 Å². The number of hydrogen-bond donors (Lipinski definition) is 2. The molecular formula is C15H21ClN2O3. The fourth-order valence-electron chi connectivity index (χ4n) is 1.56. The van der Waals surface area contributed by atoms with E-state index in [4.69, 9.17) is 16.3 Å². The average molecular weight is 313 g/mol. The molecule has 0 fully saturated rings. The molecule has 0 aliphatic heterocycles. The number of nitrogens with one attached hydrogen (secondary N) is 2. The Labute approximate surface area is 130 Å². The minimum Gasteiger partial charge on any atom is -0.484 e. The van der Waals surface area contributed by atoms with Crippen LogP contribution in [0.15, 0.2) is 18.2 Å². The zero-order valence-electron chi connectivity index (χ0n) is 12.7. The van der Waals surface area contributed by atoms with Crippen LogP contribution in [0.3, 0.4) is 0 Å². The summed E-state index contributed by atoms with van der Waals surface area (Å²) in [6, 6.07) is 5.13. The van der Waals surface area contributed by atoms with Crippen molar-refractivity contribution in [1.82, 2.24) is 10.9 Å². The third kappa shape index (κ3) is 6.99. The average Bonchev–Trinajstić information content (AvgIpc) is 2.36. The largest absolute Gasteiger partial charge is 0.484 e. The Kier molecular flexibility index (Phi) is 6.03. The van der Waals surface area contributed by atoms with E-state index in [0.717, 1.165) is 5.56 Å². The lowest BCUT2D eigenvalue weighted by atomic mass is 9.92. The highest BCUT2D eigenvalue weighted by Gasteiger charge is 2.16. The summed E-state index contributed by atoms with van der Waals surface area (Å²) < 4.78 is 5.31. The van der Waals surface area contributed by atoms with E-state index in [1.54, 1.807) is 18.2 Å². The van der Waals surface area contributed by atoms with Gasteiger partial charge in [0, 0.05) is 11.4 Å². The van der Waals surface area contributed by atoms with Crippen molar-refractivity contribution in [2.24, 2.45) is 5.41 Å². The number of halogens is 1. The highest BCUT2D eigenvalue weighted by Crippen LogP contribution is 2.20. The standard InChI is InChI=1S/C15H21ClN2O3/c1-10-7-11(5-6-12(10)16)21-9-14(20)18-17-13(19)8-15(2,3)4/h5-7H,8-9H2,1-4H3,(H,17,19)(H,18,20). The van der Waals surface area contributed by atoms with Crippen molar-refractivity contribution >= 4 is 23.4 Å². The second-order valence-electron chi connectivity index (χ2n) is 6.03. The second-order valence-corrected chi connectivity index (χ2v) is 6.44. The maximum absolute atomic E-state index is 11.6. The van der Waals surface area contributed by atoms with Crippen molar-refractivity contribution in [3.05, 3.63) is 28.8 Å². The molecule has 1 aromatic carbocycles. The lowest BCUT2D eigenvalue weighted by molar-refractivity contribution is -0.130. The lowest BCUT2D eigenvalue weighted by Gasteiger charge is -2.17. The SMILES string of the molecule is Cc1cc(OCC(=O)NNC(=O)CC(C)(C)C)ccc1Cl. The number of hydrazine groups is 1. The molecule has 2 N–H and O–H groups in total. The van der Waals surface area contributed by atoms with Gasteiger partial charge in [0.25, 0.3) is 5.91 Å². The van der Waals surface area contributed by atoms with Crippen LogP contribution in [0.2, 0.25) is 5.02 Å². The molecule has 0 radical (unpaired) electrons. The van der Waals surface area contributed by atoms with Crippen LogP contribution in [-0.4, -0.2) is 18.4 Å². The number of benzene rings is 1. The van der Waals surface area contributed by atoms with Gasteiger partial charge in [-0.15, -0.1) is 0 Å². The molecule has 0 bridgehead atoms. The van der Waals surface area contributed by atoms with E-state index in [1.165, 1.54) is 0 Å². The summed E-state index contributed by atoms with van der Waals surface area (Å²) in [7, 11) is 0. The molecule has 6 heteroatoms. The van der Waals surface area contributed by atoms with Gasteiger partial charge in [-0.25, -0.2) is 0 Å². The molecule has 0 atom stereocenters. The van der Waals surface area contributed by atoms with Gasteiger partial charge in [0.05, 0.1) is 0 Å². The molecule has 1 rings (SSSR count). The molecule has 2 amide bonds. The van der Waals surface area contributed by atoms with Crippen molar-refractivity contribution in [3.63, 3.8) is 0 Å².